The summed E-state index contributed by atoms with van der Waals surface area (Å²) in [5.41, 5.74) is -2.69. The van der Waals surface area contributed by atoms with Crippen LogP contribution in [0.1, 0.15) is 22.3 Å². The van der Waals surface area contributed by atoms with Gasteiger partial charge in [0.05, 0.1) is 23.1 Å². The molecule has 5 nitrogen and oxygen atoms in total. The van der Waals surface area contributed by atoms with Crippen molar-refractivity contribution in [3.8, 4) is 11.5 Å². The van der Waals surface area contributed by atoms with E-state index in [1.54, 1.807) is 19.2 Å². The number of aliphatic imine (C=N–C) groups is 1. The Morgan fingerprint density at radius 1 is 1.03 bits per heavy atom. The van der Waals surface area contributed by atoms with E-state index < -0.39 is 35.6 Å². The van der Waals surface area contributed by atoms with Crippen molar-refractivity contribution < 1.29 is 40.6 Å². The number of amidine groups is 1. The third-order valence-corrected chi connectivity index (χ3v) is 5.28. The van der Waals surface area contributed by atoms with Crippen LogP contribution in [0.5, 0.6) is 11.5 Å². The molecule has 176 valence electrons. The highest BCUT2D eigenvalue weighted by molar-refractivity contribution is 8.18. The minimum absolute atomic E-state index is 0.0622. The number of halogens is 6. The molecule has 0 radical (unpaired) electrons. The van der Waals surface area contributed by atoms with Crippen molar-refractivity contribution in [1.29, 1.82) is 0 Å². The van der Waals surface area contributed by atoms with Crippen LogP contribution in [0.4, 0.5) is 31.1 Å². The maximum absolute atomic E-state index is 13.3. The van der Waals surface area contributed by atoms with E-state index >= 15 is 0 Å². The first-order chi connectivity index (χ1) is 15.4. The number of alkyl halides is 6. The summed E-state index contributed by atoms with van der Waals surface area (Å²) in [5.74, 6) is 0.665. The van der Waals surface area contributed by atoms with Crippen molar-refractivity contribution in [1.82, 2.24) is 5.32 Å². The van der Waals surface area contributed by atoms with E-state index in [1.165, 1.54) is 19.2 Å². The molecule has 1 aliphatic heterocycles. The van der Waals surface area contributed by atoms with Gasteiger partial charge in [0.1, 0.15) is 12.4 Å². The zero-order valence-electron chi connectivity index (χ0n) is 17.1. The van der Waals surface area contributed by atoms with E-state index in [-0.39, 0.29) is 22.8 Å². The highest BCUT2D eigenvalue weighted by Crippen LogP contribution is 2.38. The molecule has 0 fully saturated rings. The molecule has 0 saturated heterocycles. The summed E-state index contributed by atoms with van der Waals surface area (Å²) in [4.78, 5) is 15.9. The van der Waals surface area contributed by atoms with Crippen molar-refractivity contribution in [3.05, 3.63) is 63.6 Å². The van der Waals surface area contributed by atoms with Crippen LogP contribution in [0.3, 0.4) is 0 Å². The van der Waals surface area contributed by atoms with Gasteiger partial charge in [-0.3, -0.25) is 4.79 Å². The predicted octanol–water partition coefficient (Wildman–Crippen LogP) is 6.14. The fourth-order valence-corrected chi connectivity index (χ4v) is 3.70. The number of ether oxygens (including phenoxy) is 2. The molecule has 0 bridgehead atoms. The minimum Gasteiger partial charge on any atom is -0.493 e. The normalized spacial score (nSPS) is 15.6. The fourth-order valence-electron chi connectivity index (χ4n) is 2.93. The molecule has 33 heavy (non-hydrogen) atoms. The second kappa shape index (κ2) is 9.38. The molecule has 0 spiro atoms. The van der Waals surface area contributed by atoms with E-state index in [0.717, 1.165) is 17.8 Å². The molecule has 0 atom stereocenters. The number of hydrogen-bond donors (Lipinski definition) is 1. The molecule has 1 N–H and O–H groups in total. The Balaban J connectivity index is 1.85. The molecule has 1 amide bonds. The van der Waals surface area contributed by atoms with Crippen LogP contribution in [0, 0.1) is 0 Å². The molecule has 0 aromatic heterocycles. The van der Waals surface area contributed by atoms with E-state index in [9.17, 15) is 31.1 Å². The average Bonchev–Trinajstić information content (AvgIpc) is 3.10. The van der Waals surface area contributed by atoms with Crippen LogP contribution < -0.4 is 14.8 Å². The number of carbonyl (C=O) groups is 1. The summed E-state index contributed by atoms with van der Waals surface area (Å²) in [5, 5.41) is 2.42. The number of benzene rings is 2. The van der Waals surface area contributed by atoms with Crippen molar-refractivity contribution in [2.24, 2.45) is 4.99 Å². The van der Waals surface area contributed by atoms with Gasteiger partial charge in [-0.05, 0) is 47.7 Å². The fraction of sp³-hybridized carbons (Fsp3) is 0.238. The van der Waals surface area contributed by atoms with Gasteiger partial charge in [-0.2, -0.15) is 31.3 Å². The first kappa shape index (κ1) is 24.5. The van der Waals surface area contributed by atoms with Crippen molar-refractivity contribution in [3.63, 3.8) is 0 Å². The molecule has 1 heterocycles. The van der Waals surface area contributed by atoms with Gasteiger partial charge < -0.3 is 14.8 Å². The average molecular weight is 490 g/mol. The first-order valence-electron chi connectivity index (χ1n) is 9.21. The zero-order valence-corrected chi connectivity index (χ0v) is 17.9. The molecule has 2 aromatic rings. The number of hydrogen-bond acceptors (Lipinski definition) is 5. The maximum Gasteiger partial charge on any atom is 0.416 e. The Kier molecular flexibility index (Phi) is 6.96. The van der Waals surface area contributed by atoms with Crippen molar-refractivity contribution >= 4 is 28.9 Å². The second-order valence-electron chi connectivity index (χ2n) is 6.65. The Bertz CT molecular complexity index is 1130. The predicted molar refractivity (Wildman–Crippen MR) is 111 cm³/mol. The van der Waals surface area contributed by atoms with Gasteiger partial charge in [0, 0.05) is 12.6 Å². The molecule has 0 saturated carbocycles. The number of rotatable bonds is 5. The molecule has 0 unspecified atom stereocenters. The van der Waals surface area contributed by atoms with Crippen LogP contribution >= 0.6 is 11.8 Å². The van der Waals surface area contributed by atoms with E-state index in [1.807, 2.05) is 0 Å². The summed E-state index contributed by atoms with van der Waals surface area (Å²) in [6.07, 6.45) is -8.25. The van der Waals surface area contributed by atoms with Gasteiger partial charge >= 0.3 is 17.6 Å². The van der Waals surface area contributed by atoms with Crippen LogP contribution in [0.2, 0.25) is 0 Å². The number of carbonyl (C=O) groups excluding carboxylic acids is 1. The van der Waals surface area contributed by atoms with Gasteiger partial charge in [-0.25, -0.2) is 0 Å². The number of thioether (sulfide) groups is 1. The highest BCUT2D eigenvalue weighted by Gasteiger charge is 2.38. The van der Waals surface area contributed by atoms with Crippen LogP contribution in [-0.2, 0) is 19.0 Å². The Morgan fingerprint density at radius 2 is 1.76 bits per heavy atom. The van der Waals surface area contributed by atoms with Crippen LogP contribution in [0.15, 0.2) is 46.3 Å². The molecule has 3 rings (SSSR count). The quantitative estimate of drug-likeness (QED) is 0.511. The highest BCUT2D eigenvalue weighted by atomic mass is 32.2. The van der Waals surface area contributed by atoms with Crippen LogP contribution in [0.25, 0.3) is 6.08 Å². The third kappa shape index (κ3) is 5.81. The van der Waals surface area contributed by atoms with E-state index in [4.69, 9.17) is 9.47 Å². The van der Waals surface area contributed by atoms with E-state index in [0.29, 0.717) is 22.4 Å². The molecular formula is C21H16F6N2O3S. The SMILES string of the molecule is CNC1=NC(=O)S/C1=C\c1ccc(OCc2ccc(C(F)(F)F)cc2C(F)(F)F)c(OC)c1. The maximum atomic E-state index is 13.3. The number of methoxy groups -OCH3 is 1. The van der Waals surface area contributed by atoms with Gasteiger partial charge in [-0.1, -0.05) is 12.1 Å². The molecule has 12 heteroatoms. The number of nitrogens with one attached hydrogen (secondary N) is 1. The Hall–Kier alpha value is -3.15. The van der Waals surface area contributed by atoms with Crippen molar-refractivity contribution in [2.75, 3.05) is 14.2 Å². The summed E-state index contributed by atoms with van der Waals surface area (Å²) in [6.45, 7) is -0.634. The summed E-state index contributed by atoms with van der Waals surface area (Å²) in [7, 11) is 2.94. The topological polar surface area (TPSA) is 59.9 Å². The smallest absolute Gasteiger partial charge is 0.416 e. The Morgan fingerprint density at radius 3 is 2.36 bits per heavy atom. The summed E-state index contributed by atoms with van der Waals surface area (Å²) in [6, 6.07) is 5.94. The number of amides is 1. The second-order valence-corrected chi connectivity index (χ2v) is 7.65. The first-order valence-corrected chi connectivity index (χ1v) is 10.0. The monoisotopic (exact) mass is 490 g/mol. The molecule has 0 aliphatic carbocycles. The minimum atomic E-state index is -5.00. The largest absolute Gasteiger partial charge is 0.493 e. The summed E-state index contributed by atoms with van der Waals surface area (Å²) < 4.78 is 89.2. The third-order valence-electron chi connectivity index (χ3n) is 4.48. The Labute approximate surface area is 188 Å². The van der Waals surface area contributed by atoms with Gasteiger partial charge in [0.2, 0.25) is 0 Å². The van der Waals surface area contributed by atoms with Crippen LogP contribution in [-0.4, -0.2) is 25.2 Å². The van der Waals surface area contributed by atoms with Gasteiger partial charge in [0.25, 0.3) is 0 Å². The molecule has 1 aliphatic rings. The lowest BCUT2D eigenvalue weighted by Gasteiger charge is -2.17. The van der Waals surface area contributed by atoms with Crippen molar-refractivity contribution in [2.45, 2.75) is 19.0 Å². The van der Waals surface area contributed by atoms with E-state index in [2.05, 4.69) is 10.3 Å². The lowest BCUT2D eigenvalue weighted by molar-refractivity contribution is -0.143. The van der Waals surface area contributed by atoms with Gasteiger partial charge in [0.15, 0.2) is 11.5 Å². The number of nitrogens with zero attached hydrogens (tertiary/aromatic N) is 1. The zero-order chi connectivity index (χ0) is 24.4. The van der Waals surface area contributed by atoms with Gasteiger partial charge in [-0.15, -0.1) is 0 Å². The lowest BCUT2D eigenvalue weighted by atomic mass is 10.0. The molecular weight excluding hydrogens is 474 g/mol. The molecule has 2 aromatic carbocycles. The number of likely N-dealkylation sites (N-methyl/N-ethyl adjacent to an activating group) is 1. The summed E-state index contributed by atoms with van der Waals surface area (Å²) >= 11 is 0.922. The lowest BCUT2D eigenvalue weighted by Crippen LogP contribution is -2.16. The standard InChI is InChI=1S/C21H16F6N2O3S/c1-28-18-17(33-19(30)29-18)8-11-3-6-15(16(7-11)31-2)32-10-12-4-5-13(20(22,23)24)9-14(12)21(25,26)27/h3-9H,10H2,1-2H3,(H,28,29,30)/b17-8-.